The van der Waals surface area contributed by atoms with Gasteiger partial charge in [0.2, 0.25) is 16.3 Å². The molecule has 0 saturated carbocycles. The molecule has 1 aliphatic heterocycles. The van der Waals surface area contributed by atoms with Crippen LogP contribution < -0.4 is 14.8 Å². The maximum absolute atomic E-state index is 13.5. The minimum atomic E-state index is -3.93. The lowest BCUT2D eigenvalue weighted by Crippen LogP contribution is -2.38. The number of carbonyl (C=O) groups excluding carboxylic acids is 1. The molecule has 3 heterocycles. The number of aliphatic hydroxyl groups is 1. The molecule has 0 fully saturated rings. The number of allylic oxidation sites excluding steroid dienone is 1. The normalized spacial score (nSPS) is 16.4. The van der Waals surface area contributed by atoms with Gasteiger partial charge < -0.3 is 38.8 Å². The van der Waals surface area contributed by atoms with Crippen molar-refractivity contribution >= 4 is 37.8 Å². The molecule has 0 saturated heterocycles. The van der Waals surface area contributed by atoms with Crippen LogP contribution in [0.4, 0.5) is 0 Å². The van der Waals surface area contributed by atoms with E-state index in [-0.39, 0.29) is 42.9 Å². The number of aromatic amines is 1. The number of H-pyrrole nitrogens is 1. The van der Waals surface area contributed by atoms with Gasteiger partial charge in [-0.1, -0.05) is 18.2 Å². The van der Waals surface area contributed by atoms with Gasteiger partial charge in [-0.3, -0.25) is 4.79 Å². The van der Waals surface area contributed by atoms with Crippen LogP contribution in [0.2, 0.25) is 0 Å². The average molecular weight is 690 g/mol. The zero-order chi connectivity index (χ0) is 34.4. The Balaban J connectivity index is 1.15. The number of fused-ring (bicyclic) bond motifs is 2. The Hall–Kier alpha value is -4.82. The number of benzene rings is 3. The maximum atomic E-state index is 13.5. The maximum Gasteiger partial charge on any atom is 0.286 e. The molecule has 13 heteroatoms. The first-order chi connectivity index (χ1) is 23.8. The molecule has 258 valence electrons. The summed E-state index contributed by atoms with van der Waals surface area (Å²) >= 11 is 0. The molecule has 12 nitrogen and oxygen atoms in total. The zero-order valence-electron chi connectivity index (χ0n) is 27.3. The molecule has 0 aliphatic carbocycles. The lowest BCUT2D eigenvalue weighted by molar-refractivity contribution is -0.146. The van der Waals surface area contributed by atoms with E-state index in [0.717, 1.165) is 43.1 Å². The van der Waals surface area contributed by atoms with Crippen molar-refractivity contribution in [2.24, 2.45) is 0 Å². The van der Waals surface area contributed by atoms with Crippen molar-refractivity contribution in [2.75, 3.05) is 47.1 Å². The van der Waals surface area contributed by atoms with Crippen molar-refractivity contribution in [2.45, 2.75) is 29.9 Å². The SMILES string of the molecule is COc1ccc(S(=O)(=O)N(CCO)CCOC2CC(c3coc4ccccc34)C=C(C(=O)NCCc3c[nH]c4ccc(OC)cc34)O2)cc1. The van der Waals surface area contributed by atoms with Crippen LogP contribution in [-0.4, -0.2) is 82.1 Å². The zero-order valence-corrected chi connectivity index (χ0v) is 28.1. The number of aromatic nitrogens is 1. The van der Waals surface area contributed by atoms with E-state index in [9.17, 15) is 18.3 Å². The first kappa shape index (κ1) is 34.1. The molecule has 0 spiro atoms. The second-order valence-electron chi connectivity index (χ2n) is 11.5. The summed E-state index contributed by atoms with van der Waals surface area (Å²) in [6, 6.07) is 19.5. The van der Waals surface area contributed by atoms with E-state index in [1.165, 1.54) is 19.2 Å². The van der Waals surface area contributed by atoms with Crippen molar-refractivity contribution in [3.63, 3.8) is 0 Å². The standard InChI is InChI=1S/C36H39N3O9S/c1-44-26-7-10-28(11-8-26)49(42,43)39(15-17-40)16-18-46-35-20-25(31-23-47-33-6-4-3-5-29(31)33)19-34(48-35)36(41)37-14-13-24-22-38-32-12-9-27(45-2)21-30(24)32/h3-12,19,21-23,25,35,38,40H,13-18,20H2,1-2H3,(H,37,41). The number of sulfonamides is 1. The molecule has 0 bridgehead atoms. The number of amides is 1. The van der Waals surface area contributed by atoms with E-state index in [2.05, 4.69) is 10.3 Å². The van der Waals surface area contributed by atoms with E-state index < -0.39 is 22.2 Å². The summed E-state index contributed by atoms with van der Waals surface area (Å²) in [7, 11) is -0.811. The number of rotatable bonds is 15. The van der Waals surface area contributed by atoms with Gasteiger partial charge in [0.15, 0.2) is 5.76 Å². The number of hydrogen-bond donors (Lipinski definition) is 3. The van der Waals surface area contributed by atoms with Gasteiger partial charge in [0.25, 0.3) is 5.91 Å². The lowest BCUT2D eigenvalue weighted by Gasteiger charge is -2.30. The Morgan fingerprint density at radius 3 is 2.57 bits per heavy atom. The number of furan rings is 1. The summed E-state index contributed by atoms with van der Waals surface area (Å²) in [6.07, 6.45) is 5.46. The topological polar surface area (TPSA) is 153 Å². The number of nitrogens with one attached hydrogen (secondary N) is 2. The molecule has 0 radical (unpaired) electrons. The minimum absolute atomic E-state index is 0.0438. The number of nitrogens with zero attached hydrogens (tertiary/aromatic N) is 1. The molecule has 3 aromatic carbocycles. The van der Waals surface area contributed by atoms with Crippen LogP contribution in [-0.2, 0) is 30.7 Å². The fourth-order valence-corrected chi connectivity index (χ4v) is 7.37. The van der Waals surface area contributed by atoms with Gasteiger partial charge in [-0.2, -0.15) is 4.31 Å². The quantitative estimate of drug-likeness (QED) is 0.142. The minimum Gasteiger partial charge on any atom is -0.497 e. The van der Waals surface area contributed by atoms with Gasteiger partial charge in [-0.25, -0.2) is 8.42 Å². The van der Waals surface area contributed by atoms with Gasteiger partial charge in [0, 0.05) is 60.0 Å². The molecular weight excluding hydrogens is 650 g/mol. The highest BCUT2D eigenvalue weighted by Gasteiger charge is 2.31. The molecule has 1 aliphatic rings. The number of carbonyl (C=O) groups is 1. The Morgan fingerprint density at radius 1 is 1.02 bits per heavy atom. The third-order valence-corrected chi connectivity index (χ3v) is 10.4. The van der Waals surface area contributed by atoms with E-state index in [0.29, 0.717) is 25.1 Å². The molecular formula is C36H39N3O9S. The summed E-state index contributed by atoms with van der Waals surface area (Å²) in [6.45, 7) is -0.228. The first-order valence-electron chi connectivity index (χ1n) is 15.9. The number of aliphatic hydroxyl groups excluding tert-OH is 1. The second-order valence-corrected chi connectivity index (χ2v) is 13.5. The van der Waals surface area contributed by atoms with Crippen molar-refractivity contribution in [3.05, 3.63) is 102 Å². The number of hydrogen-bond acceptors (Lipinski definition) is 9. The van der Waals surface area contributed by atoms with Crippen molar-refractivity contribution in [1.82, 2.24) is 14.6 Å². The van der Waals surface area contributed by atoms with E-state index in [1.807, 2.05) is 48.7 Å². The summed E-state index contributed by atoms with van der Waals surface area (Å²) in [5.74, 6) is 0.704. The summed E-state index contributed by atoms with van der Waals surface area (Å²) in [5, 5.41) is 14.5. The second kappa shape index (κ2) is 15.2. The van der Waals surface area contributed by atoms with Crippen LogP contribution in [0, 0.1) is 0 Å². The van der Waals surface area contributed by atoms with E-state index in [4.69, 9.17) is 23.4 Å². The molecule has 2 aromatic heterocycles. The number of methoxy groups -OCH3 is 2. The average Bonchev–Trinajstić information content (AvgIpc) is 3.75. The van der Waals surface area contributed by atoms with Crippen molar-refractivity contribution in [3.8, 4) is 11.5 Å². The summed E-state index contributed by atoms with van der Waals surface area (Å²) in [5.41, 5.74) is 3.62. The monoisotopic (exact) mass is 689 g/mol. The highest BCUT2D eigenvalue weighted by atomic mass is 32.2. The largest absolute Gasteiger partial charge is 0.497 e. The first-order valence-corrected chi connectivity index (χ1v) is 17.4. The molecule has 2 unspecified atom stereocenters. The van der Waals surface area contributed by atoms with Crippen LogP contribution in [0.1, 0.15) is 23.5 Å². The predicted octanol–water partition coefficient (Wildman–Crippen LogP) is 4.70. The molecule has 1 amide bonds. The number of ether oxygens (including phenoxy) is 4. The highest BCUT2D eigenvalue weighted by molar-refractivity contribution is 7.89. The van der Waals surface area contributed by atoms with Gasteiger partial charge in [-0.15, -0.1) is 0 Å². The predicted molar refractivity (Wildman–Crippen MR) is 183 cm³/mol. The molecule has 2 atom stereocenters. The Bertz CT molecular complexity index is 2040. The molecule has 6 rings (SSSR count). The summed E-state index contributed by atoms with van der Waals surface area (Å²) in [4.78, 5) is 16.8. The van der Waals surface area contributed by atoms with Crippen molar-refractivity contribution in [1.29, 1.82) is 0 Å². The van der Waals surface area contributed by atoms with Crippen molar-refractivity contribution < 1.29 is 41.7 Å². The highest BCUT2D eigenvalue weighted by Crippen LogP contribution is 2.36. The third-order valence-electron chi connectivity index (χ3n) is 8.54. The van der Waals surface area contributed by atoms with E-state index in [1.54, 1.807) is 31.6 Å². The van der Waals surface area contributed by atoms with Crippen LogP contribution in [0.5, 0.6) is 11.5 Å². The van der Waals surface area contributed by atoms with Crippen LogP contribution >= 0.6 is 0 Å². The molecule has 3 N–H and O–H groups in total. The van der Waals surface area contributed by atoms with E-state index >= 15 is 0 Å². The van der Waals surface area contributed by atoms with Gasteiger partial charge in [-0.05, 0) is 66.6 Å². The van der Waals surface area contributed by atoms with Gasteiger partial charge >= 0.3 is 0 Å². The smallest absolute Gasteiger partial charge is 0.286 e. The Morgan fingerprint density at radius 2 is 1.80 bits per heavy atom. The molecule has 49 heavy (non-hydrogen) atoms. The van der Waals surface area contributed by atoms with Crippen LogP contribution in [0.3, 0.4) is 0 Å². The van der Waals surface area contributed by atoms with Crippen LogP contribution in [0.15, 0.2) is 100 Å². The number of para-hydroxylation sites is 1. The van der Waals surface area contributed by atoms with Gasteiger partial charge in [0.05, 0.1) is 38.6 Å². The van der Waals surface area contributed by atoms with Crippen LogP contribution in [0.25, 0.3) is 21.9 Å². The Kier molecular flexibility index (Phi) is 10.5. The van der Waals surface area contributed by atoms with Gasteiger partial charge in [0.1, 0.15) is 17.1 Å². The third kappa shape index (κ3) is 7.60. The molecule has 5 aromatic rings. The lowest BCUT2D eigenvalue weighted by atomic mass is 9.92. The fraction of sp³-hybridized carbons (Fsp3) is 0.306. The fourth-order valence-electron chi connectivity index (χ4n) is 5.96. The summed E-state index contributed by atoms with van der Waals surface area (Å²) < 4.78 is 56.4. The Labute approximate surface area is 284 Å².